The summed E-state index contributed by atoms with van der Waals surface area (Å²) < 4.78 is 53.0. The first-order valence-electron chi connectivity index (χ1n) is 6.47. The van der Waals surface area contributed by atoms with E-state index in [1.165, 1.54) is 30.3 Å². The molecule has 0 unspecified atom stereocenters. The minimum Gasteiger partial charge on any atom is -0.445 e. The normalized spacial score (nSPS) is 14.3. The second kappa shape index (κ2) is 4.98. The van der Waals surface area contributed by atoms with Gasteiger partial charge in [0.1, 0.15) is 5.82 Å². The van der Waals surface area contributed by atoms with Crippen molar-refractivity contribution < 1.29 is 17.3 Å². The van der Waals surface area contributed by atoms with Gasteiger partial charge < -0.3 is 18.2 Å². The maximum Gasteiger partial charge on any atom is 0.499 e. The van der Waals surface area contributed by atoms with Gasteiger partial charge in [-0.1, -0.05) is 41.9 Å². The highest BCUT2D eigenvalue weighted by atomic mass is 19.4. The molecule has 0 fully saturated rings. The molecule has 106 valence electrons. The molecule has 0 bridgehead atoms. The van der Waals surface area contributed by atoms with E-state index >= 15 is 0 Å². The Morgan fingerprint density at radius 1 is 0.905 bits per heavy atom. The summed E-state index contributed by atoms with van der Waals surface area (Å²) in [7, 11) is 0. The standard InChI is InChI=1S/C14H10B2F4N/c17-12-7-5-11(6-8-12)15-14(16(18,19)20)9-10-3-1-2-4-13(10)21-15/h1-9,21H/q-1. The first kappa shape index (κ1) is 13.8. The lowest BCUT2D eigenvalue weighted by Gasteiger charge is -2.32. The van der Waals surface area contributed by atoms with Gasteiger partial charge in [-0.25, -0.2) is 4.39 Å². The Morgan fingerprint density at radius 3 is 2.24 bits per heavy atom. The molecule has 0 spiro atoms. The molecule has 0 saturated carbocycles. The molecular formula is C14H10B2F4N-. The van der Waals surface area contributed by atoms with E-state index < -0.39 is 25.0 Å². The van der Waals surface area contributed by atoms with Crippen molar-refractivity contribution in [1.82, 2.24) is 0 Å². The molecule has 1 nitrogen and oxygen atoms in total. The number of benzene rings is 2. The van der Waals surface area contributed by atoms with Crippen LogP contribution in [0.1, 0.15) is 5.56 Å². The summed E-state index contributed by atoms with van der Waals surface area (Å²) >= 11 is 0. The molecule has 0 saturated heterocycles. The Hall–Kier alpha value is -2.17. The molecule has 21 heavy (non-hydrogen) atoms. The molecule has 7 heteroatoms. The Labute approximate surface area is 119 Å². The van der Waals surface area contributed by atoms with Gasteiger partial charge in [0.15, 0.2) is 0 Å². The fraction of sp³-hybridized carbons (Fsp3) is 0. The number of fused-ring (bicyclic) bond motifs is 1. The molecular weight excluding hydrogens is 280 g/mol. The van der Waals surface area contributed by atoms with Crippen molar-refractivity contribution in [2.45, 2.75) is 0 Å². The van der Waals surface area contributed by atoms with Gasteiger partial charge in [0.25, 0.3) is 6.85 Å². The Bertz CT molecular complexity index is 695. The molecule has 2 aromatic rings. The van der Waals surface area contributed by atoms with Crippen LogP contribution in [0.25, 0.3) is 6.08 Å². The van der Waals surface area contributed by atoms with Crippen LogP contribution in [0.3, 0.4) is 0 Å². The summed E-state index contributed by atoms with van der Waals surface area (Å²) in [6.07, 6.45) is 1.17. The van der Waals surface area contributed by atoms with E-state index in [0.717, 1.165) is 0 Å². The van der Waals surface area contributed by atoms with Gasteiger partial charge in [0, 0.05) is 5.69 Å². The van der Waals surface area contributed by atoms with Crippen LogP contribution in [0.15, 0.2) is 53.9 Å². The van der Waals surface area contributed by atoms with E-state index in [1.54, 1.807) is 24.3 Å². The number of para-hydroxylation sites is 1. The molecule has 0 amide bonds. The van der Waals surface area contributed by atoms with E-state index in [9.17, 15) is 17.3 Å². The van der Waals surface area contributed by atoms with Gasteiger partial charge in [0.05, 0.1) is 0 Å². The number of anilines is 1. The molecule has 1 N–H and O–H groups in total. The third-order valence-corrected chi connectivity index (χ3v) is 3.50. The van der Waals surface area contributed by atoms with Gasteiger partial charge in [0.2, 0.25) is 0 Å². The fourth-order valence-electron chi connectivity index (χ4n) is 2.47. The lowest BCUT2D eigenvalue weighted by Crippen LogP contribution is -2.48. The van der Waals surface area contributed by atoms with Crippen LogP contribution in [-0.2, 0) is 0 Å². The summed E-state index contributed by atoms with van der Waals surface area (Å²) in [5.41, 5.74) is 1.53. The zero-order valence-electron chi connectivity index (χ0n) is 10.9. The van der Waals surface area contributed by atoms with Crippen molar-refractivity contribution in [2.24, 2.45) is 0 Å². The second-order valence-corrected chi connectivity index (χ2v) is 4.94. The minimum absolute atomic E-state index is 0.386. The second-order valence-electron chi connectivity index (χ2n) is 4.94. The third-order valence-electron chi connectivity index (χ3n) is 3.50. The SMILES string of the molecule is Fc1ccc(B2Nc3ccccc3C=C2[B-](F)(F)F)cc1. The number of hydrogen-bond acceptors (Lipinski definition) is 1. The predicted octanol–water partition coefficient (Wildman–Crippen LogP) is 3.46. The van der Waals surface area contributed by atoms with Crippen molar-refractivity contribution in [3.05, 3.63) is 65.3 Å². The van der Waals surface area contributed by atoms with Crippen LogP contribution in [0.2, 0.25) is 0 Å². The predicted molar refractivity (Wildman–Crippen MR) is 78.9 cm³/mol. The Kier molecular flexibility index (Phi) is 3.27. The van der Waals surface area contributed by atoms with Gasteiger partial charge in [-0.15, -0.1) is 5.37 Å². The van der Waals surface area contributed by atoms with E-state index in [-0.39, 0.29) is 0 Å². The molecule has 0 aromatic heterocycles. The first-order chi connectivity index (χ1) is 9.95. The topological polar surface area (TPSA) is 12.0 Å². The smallest absolute Gasteiger partial charge is 0.445 e. The Balaban J connectivity index is 2.10. The molecule has 0 atom stereocenters. The molecule has 2 aromatic carbocycles. The maximum absolute atomic E-state index is 13.3. The van der Waals surface area contributed by atoms with Gasteiger partial charge in [-0.3, -0.25) is 0 Å². The fourth-order valence-corrected chi connectivity index (χ4v) is 2.47. The molecule has 1 heterocycles. The number of nitrogens with one attached hydrogen (secondary N) is 1. The third kappa shape index (κ3) is 2.68. The highest BCUT2D eigenvalue weighted by Crippen LogP contribution is 2.32. The van der Waals surface area contributed by atoms with Crippen LogP contribution in [0.4, 0.5) is 23.0 Å². The highest BCUT2D eigenvalue weighted by Gasteiger charge is 2.38. The van der Waals surface area contributed by atoms with Gasteiger partial charge in [-0.2, -0.15) is 0 Å². The van der Waals surface area contributed by atoms with Crippen molar-refractivity contribution >= 4 is 31.1 Å². The Morgan fingerprint density at radius 2 is 1.57 bits per heavy atom. The average molecular weight is 290 g/mol. The van der Waals surface area contributed by atoms with Crippen LogP contribution < -0.4 is 10.7 Å². The molecule has 3 rings (SSSR count). The first-order valence-corrected chi connectivity index (χ1v) is 6.47. The largest absolute Gasteiger partial charge is 0.499 e. The van der Waals surface area contributed by atoms with Gasteiger partial charge in [-0.05, 0) is 23.8 Å². The molecule has 1 aliphatic heterocycles. The van der Waals surface area contributed by atoms with Crippen LogP contribution >= 0.6 is 0 Å². The number of rotatable bonds is 2. The quantitative estimate of drug-likeness (QED) is 0.659. The monoisotopic (exact) mass is 290 g/mol. The van der Waals surface area contributed by atoms with Crippen molar-refractivity contribution in [2.75, 3.05) is 5.23 Å². The highest BCUT2D eigenvalue weighted by molar-refractivity contribution is 6.98. The summed E-state index contributed by atoms with van der Waals surface area (Å²) in [5, 5.41) is 2.27. The van der Waals surface area contributed by atoms with Crippen LogP contribution in [0.5, 0.6) is 0 Å². The lowest BCUT2D eigenvalue weighted by molar-refractivity contribution is 0.496. The molecule has 1 aliphatic rings. The van der Waals surface area contributed by atoms with Crippen molar-refractivity contribution in [1.29, 1.82) is 0 Å². The van der Waals surface area contributed by atoms with Crippen molar-refractivity contribution in [3.8, 4) is 0 Å². The van der Waals surface area contributed by atoms with Crippen LogP contribution in [-0.4, -0.2) is 13.8 Å². The average Bonchev–Trinajstić information content (AvgIpc) is 2.46. The summed E-state index contributed by atoms with van der Waals surface area (Å²) in [5.74, 6) is -0.474. The zero-order valence-corrected chi connectivity index (χ0v) is 10.9. The summed E-state index contributed by atoms with van der Waals surface area (Å²) in [6.45, 7) is -6.16. The van der Waals surface area contributed by atoms with E-state index in [0.29, 0.717) is 16.7 Å². The minimum atomic E-state index is -5.14. The summed E-state index contributed by atoms with van der Waals surface area (Å²) in [4.78, 5) is 0. The van der Waals surface area contributed by atoms with E-state index in [4.69, 9.17) is 0 Å². The summed E-state index contributed by atoms with van der Waals surface area (Å²) in [6, 6.07) is 11.9. The zero-order chi connectivity index (χ0) is 15.0. The van der Waals surface area contributed by atoms with Gasteiger partial charge >= 0.3 is 6.98 Å². The maximum atomic E-state index is 13.3. The van der Waals surface area contributed by atoms with E-state index in [2.05, 4.69) is 5.23 Å². The lowest BCUT2D eigenvalue weighted by atomic mass is 9.39. The molecule has 0 radical (unpaired) electrons. The van der Waals surface area contributed by atoms with Crippen molar-refractivity contribution in [3.63, 3.8) is 0 Å². The number of hydrogen-bond donors (Lipinski definition) is 1. The number of halogens is 4. The van der Waals surface area contributed by atoms with Crippen LogP contribution in [0, 0.1) is 5.82 Å². The van der Waals surface area contributed by atoms with E-state index in [1.807, 2.05) is 0 Å². The molecule has 0 aliphatic carbocycles.